The molecule has 1 rings (SSSR count). The number of carbonyl (C=O) groups excluding carboxylic acids is 1. The predicted octanol–water partition coefficient (Wildman–Crippen LogP) is -1.54. The quantitative estimate of drug-likeness (QED) is 0.445. The van der Waals surface area contributed by atoms with Crippen LogP contribution in [0.4, 0.5) is 0 Å². The number of amides is 1. The first kappa shape index (κ1) is 11.4. The molecule has 5 heteroatoms. The molecule has 0 aliphatic carbocycles. The number of aliphatic hydroxyl groups excluding tert-OH is 2. The maximum atomic E-state index is 11.6. The van der Waals surface area contributed by atoms with Gasteiger partial charge >= 0.3 is 0 Å². The fraction of sp³-hybridized carbons (Fsp3) is 0.889. The molecule has 0 unspecified atom stereocenters. The van der Waals surface area contributed by atoms with Gasteiger partial charge < -0.3 is 20.8 Å². The van der Waals surface area contributed by atoms with Crippen molar-refractivity contribution in [3.8, 4) is 0 Å². The van der Waals surface area contributed by atoms with Crippen LogP contribution in [0.15, 0.2) is 0 Å². The van der Waals surface area contributed by atoms with E-state index >= 15 is 0 Å². The summed E-state index contributed by atoms with van der Waals surface area (Å²) < 4.78 is 0. The molecule has 1 atom stereocenters. The molecule has 0 bridgehead atoms. The van der Waals surface area contributed by atoms with E-state index in [0.29, 0.717) is 6.54 Å². The third-order valence-electron chi connectivity index (χ3n) is 2.45. The molecule has 82 valence electrons. The topological polar surface area (TPSA) is 81.6 Å². The van der Waals surface area contributed by atoms with Crippen molar-refractivity contribution in [1.29, 1.82) is 0 Å². The van der Waals surface area contributed by atoms with Crippen molar-refractivity contribution in [3.63, 3.8) is 0 Å². The molecule has 0 saturated carbocycles. The molecule has 1 aliphatic rings. The van der Waals surface area contributed by atoms with E-state index in [1.165, 1.54) is 0 Å². The molecule has 1 aliphatic heterocycles. The van der Waals surface area contributed by atoms with Crippen LogP contribution < -0.4 is 10.6 Å². The standard InChI is InChI=1S/C9H18N2O3/c12-5-8(6-13)11-9(14)7-2-1-3-10-4-7/h7-8,10,12-13H,1-6H2,(H,11,14)/t7-/m1/s1. The average Bonchev–Trinajstić information content (AvgIpc) is 2.26. The zero-order valence-corrected chi connectivity index (χ0v) is 8.20. The highest BCUT2D eigenvalue weighted by molar-refractivity contribution is 5.79. The molecule has 1 saturated heterocycles. The van der Waals surface area contributed by atoms with Gasteiger partial charge in [-0.05, 0) is 19.4 Å². The number of aliphatic hydroxyl groups is 2. The first-order valence-corrected chi connectivity index (χ1v) is 5.00. The van der Waals surface area contributed by atoms with E-state index in [-0.39, 0.29) is 25.0 Å². The summed E-state index contributed by atoms with van der Waals surface area (Å²) >= 11 is 0. The molecular weight excluding hydrogens is 184 g/mol. The van der Waals surface area contributed by atoms with Gasteiger partial charge in [-0.15, -0.1) is 0 Å². The fourth-order valence-corrected chi connectivity index (χ4v) is 1.54. The number of carbonyl (C=O) groups is 1. The maximum absolute atomic E-state index is 11.6. The van der Waals surface area contributed by atoms with Gasteiger partial charge in [0.2, 0.25) is 5.91 Å². The first-order valence-electron chi connectivity index (χ1n) is 5.00. The molecule has 1 heterocycles. The minimum absolute atomic E-state index is 0.0238. The Balaban J connectivity index is 2.32. The van der Waals surface area contributed by atoms with E-state index in [9.17, 15) is 4.79 Å². The summed E-state index contributed by atoms with van der Waals surface area (Å²) in [5.41, 5.74) is 0. The minimum atomic E-state index is -0.524. The molecule has 5 nitrogen and oxygen atoms in total. The van der Waals surface area contributed by atoms with Gasteiger partial charge in [-0.1, -0.05) is 0 Å². The monoisotopic (exact) mass is 202 g/mol. The Morgan fingerprint density at radius 2 is 2.21 bits per heavy atom. The molecule has 14 heavy (non-hydrogen) atoms. The molecule has 1 fully saturated rings. The lowest BCUT2D eigenvalue weighted by Crippen LogP contribution is -2.47. The van der Waals surface area contributed by atoms with Gasteiger partial charge in [0.25, 0.3) is 0 Å². The molecular formula is C9H18N2O3. The summed E-state index contributed by atoms with van der Waals surface area (Å²) in [7, 11) is 0. The van der Waals surface area contributed by atoms with Crippen LogP contribution in [0.5, 0.6) is 0 Å². The highest BCUT2D eigenvalue weighted by atomic mass is 16.3. The fourth-order valence-electron chi connectivity index (χ4n) is 1.54. The molecule has 0 spiro atoms. The Labute approximate surface area is 83.5 Å². The summed E-state index contributed by atoms with van der Waals surface area (Å²) in [5.74, 6) is -0.102. The molecule has 1 amide bonds. The Morgan fingerprint density at radius 3 is 2.71 bits per heavy atom. The Morgan fingerprint density at radius 1 is 1.50 bits per heavy atom. The summed E-state index contributed by atoms with van der Waals surface area (Å²) in [4.78, 5) is 11.6. The zero-order chi connectivity index (χ0) is 10.4. The van der Waals surface area contributed by atoms with Crippen LogP contribution in [0, 0.1) is 5.92 Å². The second-order valence-corrected chi connectivity index (χ2v) is 3.61. The Hall–Kier alpha value is -0.650. The van der Waals surface area contributed by atoms with Crippen LogP contribution in [-0.2, 0) is 4.79 Å². The normalized spacial score (nSPS) is 22.4. The van der Waals surface area contributed by atoms with Crippen LogP contribution in [0.1, 0.15) is 12.8 Å². The largest absolute Gasteiger partial charge is 0.394 e. The number of piperidine rings is 1. The summed E-state index contributed by atoms with van der Waals surface area (Å²) in [6.07, 6.45) is 1.88. The SMILES string of the molecule is O=C(NC(CO)CO)[C@@H]1CCCNC1. The van der Waals surface area contributed by atoms with Crippen molar-refractivity contribution >= 4 is 5.91 Å². The lowest BCUT2D eigenvalue weighted by molar-refractivity contribution is -0.126. The van der Waals surface area contributed by atoms with E-state index in [1.54, 1.807) is 0 Å². The van der Waals surface area contributed by atoms with Crippen molar-refractivity contribution in [2.24, 2.45) is 5.92 Å². The van der Waals surface area contributed by atoms with Crippen LogP contribution in [-0.4, -0.2) is 48.5 Å². The third kappa shape index (κ3) is 3.25. The molecule has 0 aromatic heterocycles. The van der Waals surface area contributed by atoms with Crippen molar-refractivity contribution in [1.82, 2.24) is 10.6 Å². The molecule has 0 radical (unpaired) electrons. The maximum Gasteiger partial charge on any atom is 0.224 e. The molecule has 0 aromatic carbocycles. The Kier molecular flexibility index (Phi) is 4.86. The van der Waals surface area contributed by atoms with Gasteiger partial charge in [-0.25, -0.2) is 0 Å². The van der Waals surface area contributed by atoms with E-state index in [0.717, 1.165) is 19.4 Å². The first-order chi connectivity index (χ1) is 6.77. The van der Waals surface area contributed by atoms with Gasteiger partial charge in [-0.2, -0.15) is 0 Å². The summed E-state index contributed by atoms with van der Waals surface area (Å²) in [6, 6.07) is -0.524. The smallest absolute Gasteiger partial charge is 0.224 e. The molecule has 0 aromatic rings. The number of nitrogens with one attached hydrogen (secondary N) is 2. The van der Waals surface area contributed by atoms with Gasteiger partial charge in [-0.3, -0.25) is 4.79 Å². The third-order valence-corrected chi connectivity index (χ3v) is 2.45. The summed E-state index contributed by atoms with van der Waals surface area (Å²) in [5, 5.41) is 23.3. The second-order valence-electron chi connectivity index (χ2n) is 3.61. The number of hydrogen-bond donors (Lipinski definition) is 4. The van der Waals surface area contributed by atoms with E-state index < -0.39 is 6.04 Å². The summed E-state index contributed by atoms with van der Waals surface area (Å²) in [6.45, 7) is 1.22. The van der Waals surface area contributed by atoms with Crippen molar-refractivity contribution in [3.05, 3.63) is 0 Å². The highest BCUT2D eigenvalue weighted by Gasteiger charge is 2.22. The van der Waals surface area contributed by atoms with Gasteiger partial charge in [0.15, 0.2) is 0 Å². The van der Waals surface area contributed by atoms with Crippen molar-refractivity contribution < 1.29 is 15.0 Å². The van der Waals surface area contributed by atoms with E-state index in [2.05, 4.69) is 10.6 Å². The van der Waals surface area contributed by atoms with Gasteiger partial charge in [0, 0.05) is 6.54 Å². The van der Waals surface area contributed by atoms with E-state index in [1.807, 2.05) is 0 Å². The predicted molar refractivity (Wildman–Crippen MR) is 51.7 cm³/mol. The number of rotatable bonds is 4. The Bertz CT molecular complexity index is 177. The average molecular weight is 202 g/mol. The lowest BCUT2D eigenvalue weighted by Gasteiger charge is -2.23. The number of hydrogen-bond acceptors (Lipinski definition) is 4. The van der Waals surface area contributed by atoms with Gasteiger partial charge in [0.1, 0.15) is 0 Å². The van der Waals surface area contributed by atoms with Crippen molar-refractivity contribution in [2.45, 2.75) is 18.9 Å². The van der Waals surface area contributed by atoms with E-state index in [4.69, 9.17) is 10.2 Å². The van der Waals surface area contributed by atoms with Gasteiger partial charge in [0.05, 0.1) is 25.2 Å². The van der Waals surface area contributed by atoms with Crippen LogP contribution in [0.3, 0.4) is 0 Å². The lowest BCUT2D eigenvalue weighted by atomic mass is 9.98. The van der Waals surface area contributed by atoms with Crippen LogP contribution in [0.25, 0.3) is 0 Å². The van der Waals surface area contributed by atoms with Crippen LogP contribution >= 0.6 is 0 Å². The second kappa shape index (κ2) is 5.95. The van der Waals surface area contributed by atoms with Crippen LogP contribution in [0.2, 0.25) is 0 Å². The minimum Gasteiger partial charge on any atom is -0.394 e. The highest BCUT2D eigenvalue weighted by Crippen LogP contribution is 2.09. The molecule has 4 N–H and O–H groups in total. The zero-order valence-electron chi connectivity index (χ0n) is 8.20. The van der Waals surface area contributed by atoms with Crippen molar-refractivity contribution in [2.75, 3.05) is 26.3 Å².